The summed E-state index contributed by atoms with van der Waals surface area (Å²) < 4.78 is 5.96. The van der Waals surface area contributed by atoms with Gasteiger partial charge in [0.1, 0.15) is 0 Å². The number of carboxylic acid groups (broad SMARTS) is 1. The van der Waals surface area contributed by atoms with E-state index in [4.69, 9.17) is 9.84 Å². The van der Waals surface area contributed by atoms with Crippen LogP contribution in [0.4, 0.5) is 0 Å². The molecule has 0 bridgehead atoms. The number of carbonyl (C=O) groups is 1. The van der Waals surface area contributed by atoms with Crippen molar-refractivity contribution in [2.24, 2.45) is 5.92 Å². The van der Waals surface area contributed by atoms with E-state index < -0.39 is 12.1 Å². The van der Waals surface area contributed by atoms with Gasteiger partial charge in [-0.05, 0) is 80.7 Å². The number of carboxylic acids is 1. The van der Waals surface area contributed by atoms with Crippen molar-refractivity contribution < 1.29 is 19.7 Å². The molecule has 0 spiro atoms. The maximum Gasteiger partial charge on any atom is 0.328 e. The predicted molar refractivity (Wildman–Crippen MR) is 132 cm³/mol. The third-order valence-corrected chi connectivity index (χ3v) is 6.45. The second kappa shape index (κ2) is 11.1. The van der Waals surface area contributed by atoms with Crippen molar-refractivity contribution in [3.63, 3.8) is 0 Å². The van der Waals surface area contributed by atoms with Gasteiger partial charge in [0.25, 0.3) is 0 Å². The first-order valence-corrected chi connectivity index (χ1v) is 11.8. The number of benzene rings is 2. The Bertz CT molecular complexity index is 956. The molecule has 2 aromatic rings. The van der Waals surface area contributed by atoms with Crippen molar-refractivity contribution in [2.45, 2.75) is 64.7 Å². The highest BCUT2D eigenvalue weighted by atomic mass is 16.5. The van der Waals surface area contributed by atoms with E-state index in [-0.39, 0.29) is 18.2 Å². The number of fused-ring (bicyclic) bond motifs is 1. The molecule has 33 heavy (non-hydrogen) atoms. The quantitative estimate of drug-likeness (QED) is 0.428. The zero-order chi connectivity index (χ0) is 24.0. The summed E-state index contributed by atoms with van der Waals surface area (Å²) in [6.45, 7) is 8.76. The lowest BCUT2D eigenvalue weighted by atomic mass is 9.88. The molecule has 1 aliphatic rings. The van der Waals surface area contributed by atoms with Gasteiger partial charge in [-0.2, -0.15) is 0 Å². The van der Waals surface area contributed by atoms with Crippen LogP contribution in [0.1, 0.15) is 62.5 Å². The number of nitrogens with one attached hydrogen (secondary N) is 1. The van der Waals surface area contributed by atoms with E-state index in [1.165, 1.54) is 17.2 Å². The first kappa shape index (κ1) is 25.2. The van der Waals surface area contributed by atoms with Gasteiger partial charge in [0, 0.05) is 18.2 Å². The van der Waals surface area contributed by atoms with Crippen molar-refractivity contribution in [3.8, 4) is 0 Å². The van der Waals surface area contributed by atoms with Crippen molar-refractivity contribution in [2.75, 3.05) is 13.2 Å². The number of aliphatic hydroxyl groups is 1. The van der Waals surface area contributed by atoms with E-state index in [2.05, 4.69) is 43.4 Å². The normalized spacial score (nSPS) is 16.5. The van der Waals surface area contributed by atoms with E-state index in [0.717, 1.165) is 30.4 Å². The summed E-state index contributed by atoms with van der Waals surface area (Å²) >= 11 is 0. The fourth-order valence-corrected chi connectivity index (χ4v) is 4.86. The first-order chi connectivity index (χ1) is 15.6. The molecule has 178 valence electrons. The van der Waals surface area contributed by atoms with Gasteiger partial charge in [-0.25, -0.2) is 4.79 Å². The Morgan fingerprint density at radius 2 is 1.76 bits per heavy atom. The second-order valence-electron chi connectivity index (χ2n) is 9.89. The molecule has 1 aliphatic carbocycles. The zero-order valence-electron chi connectivity index (χ0n) is 20.2. The molecule has 5 nitrogen and oxygen atoms in total. The molecule has 5 heteroatoms. The topological polar surface area (TPSA) is 78.8 Å². The minimum Gasteiger partial charge on any atom is -0.478 e. The van der Waals surface area contributed by atoms with Crippen LogP contribution in [0.2, 0.25) is 0 Å². The second-order valence-corrected chi connectivity index (χ2v) is 9.89. The third kappa shape index (κ3) is 7.26. The van der Waals surface area contributed by atoms with Crippen LogP contribution in [0.15, 0.2) is 54.6 Å². The maximum atomic E-state index is 11.1. The Balaban J connectivity index is 1.48. The molecule has 0 aromatic heterocycles. The molecule has 3 N–H and O–H groups in total. The van der Waals surface area contributed by atoms with Gasteiger partial charge in [0.05, 0.1) is 18.8 Å². The van der Waals surface area contributed by atoms with Crippen molar-refractivity contribution in [1.82, 2.24) is 5.32 Å². The molecule has 0 amide bonds. The largest absolute Gasteiger partial charge is 0.478 e. The monoisotopic (exact) mass is 451 g/mol. The highest BCUT2D eigenvalue weighted by Gasteiger charge is 2.28. The predicted octanol–water partition coefficient (Wildman–Crippen LogP) is 4.79. The summed E-state index contributed by atoms with van der Waals surface area (Å²) in [7, 11) is 0. The molecular formula is C28H37NO4. The van der Waals surface area contributed by atoms with Crippen molar-refractivity contribution in [1.29, 1.82) is 0 Å². The molecule has 0 saturated heterocycles. The molecule has 0 unspecified atom stereocenters. The lowest BCUT2D eigenvalue weighted by molar-refractivity contribution is -0.131. The Kier molecular flexibility index (Phi) is 8.46. The van der Waals surface area contributed by atoms with Crippen LogP contribution in [0.25, 0.3) is 5.57 Å². The number of aliphatic hydroxyl groups excluding tert-OH is 1. The van der Waals surface area contributed by atoms with E-state index in [1.54, 1.807) is 6.92 Å². The number of aliphatic carboxylic acids is 1. The van der Waals surface area contributed by atoms with E-state index in [9.17, 15) is 9.90 Å². The number of ether oxygens (including phenoxy) is 1. The van der Waals surface area contributed by atoms with Crippen molar-refractivity contribution in [3.05, 3.63) is 76.9 Å². The van der Waals surface area contributed by atoms with Crippen LogP contribution in [0, 0.1) is 5.92 Å². The first-order valence-electron chi connectivity index (χ1n) is 11.8. The van der Waals surface area contributed by atoms with E-state index in [0.29, 0.717) is 18.0 Å². The van der Waals surface area contributed by atoms with Gasteiger partial charge in [0.15, 0.2) is 0 Å². The number of β-amino-alcohol motifs (C(OH)–C–C–N with tert-alkyl or cyclic N) is 1. The Morgan fingerprint density at radius 1 is 1.15 bits per heavy atom. The van der Waals surface area contributed by atoms with E-state index >= 15 is 0 Å². The molecule has 0 aliphatic heterocycles. The summed E-state index contributed by atoms with van der Waals surface area (Å²) in [5.74, 6) is -0.349. The van der Waals surface area contributed by atoms with Crippen LogP contribution in [-0.4, -0.2) is 41.0 Å². The molecule has 0 heterocycles. The zero-order valence-corrected chi connectivity index (χ0v) is 20.2. The van der Waals surface area contributed by atoms with Gasteiger partial charge in [-0.1, -0.05) is 48.5 Å². The minimum absolute atomic E-state index is 0.0787. The van der Waals surface area contributed by atoms with Crippen LogP contribution in [0.5, 0.6) is 0 Å². The molecule has 3 rings (SSSR count). The number of hydrogen-bond acceptors (Lipinski definition) is 4. The summed E-state index contributed by atoms with van der Waals surface area (Å²) in [4.78, 5) is 11.1. The molecule has 2 aromatic carbocycles. The SMILES string of the molecule is C/C(=C\C(=O)O)c1ccccc1[C@@H](C)OC[C@@H](O)CNC(C)(C)CC1Cc2ccccc2C1. The highest BCUT2D eigenvalue weighted by Crippen LogP contribution is 2.32. The van der Waals surface area contributed by atoms with E-state index in [1.807, 2.05) is 31.2 Å². The summed E-state index contributed by atoms with van der Waals surface area (Å²) in [6, 6.07) is 16.3. The minimum atomic E-state index is -0.971. The highest BCUT2D eigenvalue weighted by molar-refractivity contribution is 5.90. The lowest BCUT2D eigenvalue weighted by Gasteiger charge is -2.31. The molecular weight excluding hydrogens is 414 g/mol. The Hall–Kier alpha value is -2.47. The van der Waals surface area contributed by atoms with Crippen LogP contribution >= 0.6 is 0 Å². The van der Waals surface area contributed by atoms with Gasteiger partial charge >= 0.3 is 5.97 Å². The Morgan fingerprint density at radius 3 is 2.39 bits per heavy atom. The molecule has 0 radical (unpaired) electrons. The fourth-order valence-electron chi connectivity index (χ4n) is 4.86. The van der Waals surface area contributed by atoms with Gasteiger partial charge in [-0.3, -0.25) is 0 Å². The summed E-state index contributed by atoms with van der Waals surface area (Å²) in [5, 5.41) is 23.1. The van der Waals surface area contributed by atoms with Crippen LogP contribution in [0.3, 0.4) is 0 Å². The standard InChI is InChI=1S/C28H37NO4/c1-19(13-27(31)32)25-11-7-8-12-26(25)20(2)33-18-24(30)17-29-28(3,4)16-21-14-22-9-5-6-10-23(22)15-21/h5-13,20-21,24,29-30H,14-18H2,1-4H3,(H,31,32)/b19-13+/t20-,24+/m1/s1. The van der Waals surface area contributed by atoms with Gasteiger partial charge < -0.3 is 20.3 Å². The lowest BCUT2D eigenvalue weighted by Crippen LogP contribution is -2.45. The number of allylic oxidation sites excluding steroid dienone is 1. The average molecular weight is 452 g/mol. The van der Waals surface area contributed by atoms with Crippen LogP contribution in [-0.2, 0) is 22.4 Å². The van der Waals surface area contributed by atoms with Crippen molar-refractivity contribution >= 4 is 11.5 Å². The van der Waals surface area contributed by atoms with Gasteiger partial charge in [-0.15, -0.1) is 0 Å². The number of hydrogen-bond donors (Lipinski definition) is 3. The summed E-state index contributed by atoms with van der Waals surface area (Å²) in [6.07, 6.45) is 3.61. The summed E-state index contributed by atoms with van der Waals surface area (Å²) in [5.41, 5.74) is 5.29. The maximum absolute atomic E-state index is 11.1. The molecule has 0 fully saturated rings. The third-order valence-electron chi connectivity index (χ3n) is 6.45. The van der Waals surface area contributed by atoms with Crippen LogP contribution < -0.4 is 5.32 Å². The fraction of sp³-hybridized carbons (Fsp3) is 0.464. The van der Waals surface area contributed by atoms with Gasteiger partial charge in [0.2, 0.25) is 0 Å². The number of rotatable bonds is 11. The molecule has 0 saturated carbocycles. The smallest absolute Gasteiger partial charge is 0.328 e. The Labute approximate surface area is 197 Å². The molecule has 2 atom stereocenters. The average Bonchev–Trinajstić information content (AvgIpc) is 3.17.